The van der Waals surface area contributed by atoms with Crippen molar-refractivity contribution in [1.82, 2.24) is 4.90 Å². The van der Waals surface area contributed by atoms with Crippen LogP contribution in [0.2, 0.25) is 0 Å². The Morgan fingerprint density at radius 2 is 2.17 bits per heavy atom. The number of nitrogens with zero attached hydrogens (tertiary/aromatic N) is 1. The second-order valence-electron chi connectivity index (χ2n) is 5.10. The standard InChI is InChI=1S/C14H26N2O2/c1-3-9-16(14(17)13(15)11-18-2)10-12-7-5-4-6-8-12/h3,12-13H,1,4-11,15H2,2H3. The molecule has 4 nitrogen and oxygen atoms in total. The molecule has 1 saturated carbocycles. The number of hydrogen-bond donors (Lipinski definition) is 1. The molecule has 0 aromatic carbocycles. The minimum absolute atomic E-state index is 0.0256. The van der Waals surface area contributed by atoms with Crippen LogP contribution in [0.4, 0.5) is 0 Å². The van der Waals surface area contributed by atoms with Gasteiger partial charge >= 0.3 is 0 Å². The van der Waals surface area contributed by atoms with Crippen LogP contribution in [0.1, 0.15) is 32.1 Å². The highest BCUT2D eigenvalue weighted by Gasteiger charge is 2.23. The summed E-state index contributed by atoms with van der Waals surface area (Å²) in [5.74, 6) is 0.597. The Kier molecular flexibility index (Phi) is 6.98. The lowest BCUT2D eigenvalue weighted by atomic mass is 9.89. The molecule has 1 atom stereocenters. The minimum Gasteiger partial charge on any atom is -0.383 e. The van der Waals surface area contributed by atoms with Crippen molar-refractivity contribution < 1.29 is 9.53 Å². The lowest BCUT2D eigenvalue weighted by molar-refractivity contribution is -0.134. The third-order valence-corrected chi connectivity index (χ3v) is 3.53. The zero-order valence-corrected chi connectivity index (χ0v) is 11.4. The van der Waals surface area contributed by atoms with E-state index in [0.717, 1.165) is 6.54 Å². The minimum atomic E-state index is -0.557. The molecule has 0 aromatic heterocycles. The third kappa shape index (κ3) is 4.78. The molecule has 1 unspecified atom stereocenters. The highest BCUT2D eigenvalue weighted by Crippen LogP contribution is 2.24. The molecule has 0 aromatic rings. The van der Waals surface area contributed by atoms with E-state index < -0.39 is 6.04 Å². The first-order valence-electron chi connectivity index (χ1n) is 6.83. The largest absolute Gasteiger partial charge is 0.383 e. The van der Waals surface area contributed by atoms with Crippen LogP contribution in [0, 0.1) is 5.92 Å². The predicted octanol–water partition coefficient (Wildman–Crippen LogP) is 1.55. The number of nitrogens with two attached hydrogens (primary N) is 1. The fourth-order valence-corrected chi connectivity index (χ4v) is 2.58. The van der Waals surface area contributed by atoms with E-state index in [9.17, 15) is 4.79 Å². The van der Waals surface area contributed by atoms with Gasteiger partial charge < -0.3 is 15.4 Å². The first kappa shape index (κ1) is 15.2. The predicted molar refractivity (Wildman–Crippen MR) is 73.2 cm³/mol. The molecule has 0 spiro atoms. The van der Waals surface area contributed by atoms with Gasteiger partial charge in [-0.25, -0.2) is 0 Å². The normalized spacial score (nSPS) is 18.3. The van der Waals surface area contributed by atoms with Crippen molar-refractivity contribution in [2.24, 2.45) is 11.7 Å². The maximum absolute atomic E-state index is 12.2. The molecule has 4 heteroatoms. The first-order chi connectivity index (χ1) is 8.69. The second kappa shape index (κ2) is 8.27. The molecule has 1 fully saturated rings. The van der Waals surface area contributed by atoms with Crippen LogP contribution in [0.5, 0.6) is 0 Å². The van der Waals surface area contributed by atoms with Crippen molar-refractivity contribution in [2.45, 2.75) is 38.1 Å². The van der Waals surface area contributed by atoms with E-state index in [1.54, 1.807) is 13.2 Å². The van der Waals surface area contributed by atoms with Crippen LogP contribution in [0.15, 0.2) is 12.7 Å². The topological polar surface area (TPSA) is 55.6 Å². The summed E-state index contributed by atoms with van der Waals surface area (Å²) in [6.45, 7) is 5.37. The van der Waals surface area contributed by atoms with Gasteiger partial charge in [0.2, 0.25) is 5.91 Å². The number of carbonyl (C=O) groups is 1. The summed E-state index contributed by atoms with van der Waals surface area (Å²) in [7, 11) is 1.56. The van der Waals surface area contributed by atoms with Gasteiger partial charge in [-0.05, 0) is 18.8 Å². The van der Waals surface area contributed by atoms with Crippen molar-refractivity contribution >= 4 is 5.91 Å². The Labute approximate surface area is 110 Å². The van der Waals surface area contributed by atoms with Gasteiger partial charge in [0.25, 0.3) is 0 Å². The van der Waals surface area contributed by atoms with Crippen molar-refractivity contribution in [3.8, 4) is 0 Å². The molecule has 1 rings (SSSR count). The molecule has 0 saturated heterocycles. The van der Waals surface area contributed by atoms with Crippen molar-refractivity contribution in [3.05, 3.63) is 12.7 Å². The molecule has 104 valence electrons. The summed E-state index contributed by atoms with van der Waals surface area (Å²) in [6.07, 6.45) is 8.10. The molecule has 1 amide bonds. The van der Waals surface area contributed by atoms with E-state index in [1.807, 2.05) is 4.90 Å². The van der Waals surface area contributed by atoms with Crippen LogP contribution in [0.3, 0.4) is 0 Å². The first-order valence-corrected chi connectivity index (χ1v) is 6.83. The Balaban J connectivity index is 2.51. The summed E-state index contributed by atoms with van der Waals surface area (Å²) in [5.41, 5.74) is 5.81. The molecule has 1 aliphatic rings. The van der Waals surface area contributed by atoms with Crippen LogP contribution in [0.25, 0.3) is 0 Å². The Hall–Kier alpha value is -0.870. The number of rotatable bonds is 7. The molecule has 0 aliphatic heterocycles. The lowest BCUT2D eigenvalue weighted by Crippen LogP contribution is -2.47. The van der Waals surface area contributed by atoms with Crippen molar-refractivity contribution in [2.75, 3.05) is 26.8 Å². The molecule has 2 N–H and O–H groups in total. The average Bonchev–Trinajstić information content (AvgIpc) is 2.39. The summed E-state index contributed by atoms with van der Waals surface area (Å²) in [6, 6.07) is -0.557. The van der Waals surface area contributed by atoms with E-state index >= 15 is 0 Å². The molecular weight excluding hydrogens is 228 g/mol. The summed E-state index contributed by atoms with van der Waals surface area (Å²) in [5, 5.41) is 0. The van der Waals surface area contributed by atoms with Gasteiger partial charge in [-0.1, -0.05) is 25.3 Å². The second-order valence-corrected chi connectivity index (χ2v) is 5.10. The number of carbonyl (C=O) groups excluding carboxylic acids is 1. The van der Waals surface area contributed by atoms with Crippen LogP contribution >= 0.6 is 0 Å². The van der Waals surface area contributed by atoms with Gasteiger partial charge in [0.1, 0.15) is 6.04 Å². The zero-order chi connectivity index (χ0) is 13.4. The third-order valence-electron chi connectivity index (χ3n) is 3.53. The van der Waals surface area contributed by atoms with E-state index in [-0.39, 0.29) is 12.5 Å². The fourth-order valence-electron chi connectivity index (χ4n) is 2.58. The van der Waals surface area contributed by atoms with E-state index in [1.165, 1.54) is 32.1 Å². The molecule has 1 aliphatic carbocycles. The fraction of sp³-hybridized carbons (Fsp3) is 0.786. The zero-order valence-electron chi connectivity index (χ0n) is 11.4. The summed E-state index contributed by atoms with van der Waals surface area (Å²) >= 11 is 0. The Bertz CT molecular complexity index is 263. The summed E-state index contributed by atoms with van der Waals surface area (Å²) < 4.78 is 4.94. The van der Waals surface area contributed by atoms with Gasteiger partial charge in [0.15, 0.2) is 0 Å². The van der Waals surface area contributed by atoms with Crippen LogP contribution < -0.4 is 5.73 Å². The SMILES string of the molecule is C=CCN(CC1CCCCC1)C(=O)C(N)COC. The Morgan fingerprint density at radius 3 is 2.72 bits per heavy atom. The molecular formula is C14H26N2O2. The van der Waals surface area contributed by atoms with Gasteiger partial charge in [-0.3, -0.25) is 4.79 Å². The van der Waals surface area contributed by atoms with Crippen molar-refractivity contribution in [1.29, 1.82) is 0 Å². The van der Waals surface area contributed by atoms with Crippen molar-refractivity contribution in [3.63, 3.8) is 0 Å². The monoisotopic (exact) mass is 254 g/mol. The van der Waals surface area contributed by atoms with Gasteiger partial charge in [0, 0.05) is 20.2 Å². The smallest absolute Gasteiger partial charge is 0.242 e. The maximum atomic E-state index is 12.2. The number of ether oxygens (including phenoxy) is 1. The maximum Gasteiger partial charge on any atom is 0.242 e. The Morgan fingerprint density at radius 1 is 1.50 bits per heavy atom. The lowest BCUT2D eigenvalue weighted by Gasteiger charge is -2.30. The van der Waals surface area contributed by atoms with E-state index in [0.29, 0.717) is 12.5 Å². The van der Waals surface area contributed by atoms with E-state index in [4.69, 9.17) is 10.5 Å². The number of hydrogen-bond acceptors (Lipinski definition) is 3. The molecule has 18 heavy (non-hydrogen) atoms. The molecule has 0 radical (unpaired) electrons. The van der Waals surface area contributed by atoms with Gasteiger partial charge in [-0.15, -0.1) is 6.58 Å². The number of amides is 1. The molecule has 0 bridgehead atoms. The molecule has 0 heterocycles. The highest BCUT2D eigenvalue weighted by atomic mass is 16.5. The van der Waals surface area contributed by atoms with Crippen LogP contribution in [-0.4, -0.2) is 43.7 Å². The van der Waals surface area contributed by atoms with E-state index in [2.05, 4.69) is 6.58 Å². The quantitative estimate of drug-likeness (QED) is 0.701. The number of methoxy groups -OCH3 is 1. The van der Waals surface area contributed by atoms with Crippen LogP contribution in [-0.2, 0) is 9.53 Å². The van der Waals surface area contributed by atoms with Gasteiger partial charge in [0.05, 0.1) is 6.61 Å². The summed E-state index contributed by atoms with van der Waals surface area (Å²) in [4.78, 5) is 14.0. The highest BCUT2D eigenvalue weighted by molar-refractivity contribution is 5.82. The average molecular weight is 254 g/mol. The van der Waals surface area contributed by atoms with Gasteiger partial charge in [-0.2, -0.15) is 0 Å².